The van der Waals surface area contributed by atoms with Gasteiger partial charge in [0.2, 0.25) is 0 Å². The highest BCUT2D eigenvalue weighted by molar-refractivity contribution is 5.73. The van der Waals surface area contributed by atoms with Crippen LogP contribution >= 0.6 is 0 Å². The number of carboxylic acids is 1. The molecular formula is C22H27F4N3O4. The van der Waals surface area contributed by atoms with Gasteiger partial charge in [-0.05, 0) is 48.4 Å². The van der Waals surface area contributed by atoms with Crippen LogP contribution in [0, 0.1) is 11.7 Å². The molecule has 0 aliphatic carbocycles. The molecule has 2 aromatic rings. The molecule has 182 valence electrons. The first kappa shape index (κ1) is 25.1. The van der Waals surface area contributed by atoms with E-state index in [4.69, 9.17) is 24.5 Å². The highest BCUT2D eigenvalue weighted by Gasteiger charge is 2.38. The number of aromatic nitrogens is 2. The van der Waals surface area contributed by atoms with Crippen molar-refractivity contribution < 1.29 is 36.9 Å². The number of nitrogens with zero attached hydrogens (tertiary/aromatic N) is 2. The molecule has 2 N–H and O–H groups in total. The van der Waals surface area contributed by atoms with Gasteiger partial charge in [-0.3, -0.25) is 4.68 Å². The molecule has 1 aromatic carbocycles. The Balaban J connectivity index is 0.000000383. The van der Waals surface area contributed by atoms with Crippen molar-refractivity contribution in [3.8, 4) is 0 Å². The molecule has 4 rings (SSSR count). The fourth-order valence-corrected chi connectivity index (χ4v) is 3.77. The Morgan fingerprint density at radius 2 is 1.97 bits per heavy atom. The van der Waals surface area contributed by atoms with Crippen molar-refractivity contribution in [1.29, 1.82) is 0 Å². The van der Waals surface area contributed by atoms with Gasteiger partial charge in [0.1, 0.15) is 11.9 Å². The number of fused-ring (bicyclic) bond motifs is 1. The zero-order chi connectivity index (χ0) is 23.8. The molecule has 33 heavy (non-hydrogen) atoms. The van der Waals surface area contributed by atoms with E-state index < -0.39 is 12.1 Å². The highest BCUT2D eigenvalue weighted by Crippen LogP contribution is 2.26. The number of benzene rings is 1. The van der Waals surface area contributed by atoms with Crippen molar-refractivity contribution in [3.05, 3.63) is 53.1 Å². The lowest BCUT2D eigenvalue weighted by Crippen LogP contribution is -2.27. The number of carbonyl (C=O) groups is 1. The van der Waals surface area contributed by atoms with Gasteiger partial charge in [-0.2, -0.15) is 18.3 Å². The van der Waals surface area contributed by atoms with Crippen LogP contribution in [0.2, 0.25) is 0 Å². The van der Waals surface area contributed by atoms with Gasteiger partial charge in [0.25, 0.3) is 0 Å². The van der Waals surface area contributed by atoms with Crippen LogP contribution in [0.3, 0.4) is 0 Å². The third-order valence-electron chi connectivity index (χ3n) is 5.44. The average Bonchev–Trinajstić information content (AvgIpc) is 3.17. The maximum Gasteiger partial charge on any atom is 0.490 e. The summed E-state index contributed by atoms with van der Waals surface area (Å²) in [5.74, 6) is -2.31. The van der Waals surface area contributed by atoms with E-state index in [0.29, 0.717) is 19.0 Å². The Kier molecular flexibility index (Phi) is 8.81. The average molecular weight is 473 g/mol. The monoisotopic (exact) mass is 473 g/mol. The molecule has 2 aliphatic rings. The number of hydrogen-bond donors (Lipinski definition) is 2. The fraction of sp³-hybridized carbons (Fsp3) is 0.545. The van der Waals surface area contributed by atoms with E-state index >= 15 is 0 Å². The second-order valence-electron chi connectivity index (χ2n) is 7.99. The molecule has 1 atom stereocenters. The molecule has 7 nitrogen and oxygen atoms in total. The summed E-state index contributed by atoms with van der Waals surface area (Å²) >= 11 is 0. The minimum atomic E-state index is -5.08. The first-order valence-corrected chi connectivity index (χ1v) is 10.7. The summed E-state index contributed by atoms with van der Waals surface area (Å²) in [6.07, 6.45) is 0.207. The van der Waals surface area contributed by atoms with E-state index in [9.17, 15) is 17.6 Å². The lowest BCUT2D eigenvalue weighted by Gasteiger charge is -2.22. The van der Waals surface area contributed by atoms with Crippen LogP contribution in [0.1, 0.15) is 35.8 Å². The first-order chi connectivity index (χ1) is 15.7. The molecule has 0 spiro atoms. The van der Waals surface area contributed by atoms with E-state index in [-0.39, 0.29) is 11.9 Å². The molecule has 1 saturated heterocycles. The number of ether oxygens (including phenoxy) is 2. The quantitative estimate of drug-likeness (QED) is 0.625. The summed E-state index contributed by atoms with van der Waals surface area (Å²) in [6, 6.07) is 6.68. The smallest absolute Gasteiger partial charge is 0.475 e. The van der Waals surface area contributed by atoms with Crippen LogP contribution in [0.5, 0.6) is 0 Å². The van der Waals surface area contributed by atoms with Gasteiger partial charge in [0.15, 0.2) is 0 Å². The molecule has 1 fully saturated rings. The summed E-state index contributed by atoms with van der Waals surface area (Å²) in [5, 5.41) is 15.3. The number of halogens is 4. The molecule has 3 heterocycles. The molecular weight excluding hydrogens is 446 g/mol. The van der Waals surface area contributed by atoms with Crippen LogP contribution in [0.4, 0.5) is 17.6 Å². The number of carboxylic acid groups (broad SMARTS) is 1. The zero-order valence-electron chi connectivity index (χ0n) is 18.0. The summed E-state index contributed by atoms with van der Waals surface area (Å²) in [5.41, 5.74) is 3.28. The number of rotatable bonds is 6. The second-order valence-corrected chi connectivity index (χ2v) is 7.99. The Hall–Kier alpha value is -2.50. The van der Waals surface area contributed by atoms with Crippen molar-refractivity contribution in [2.45, 2.75) is 44.6 Å². The van der Waals surface area contributed by atoms with E-state index in [2.05, 4.69) is 16.2 Å². The molecule has 11 heteroatoms. The SMILES string of the molecule is Fc1cccc(CNCC2OCCc3cn(CC4CCOCC4)nc32)c1.O=C(O)C(F)(F)F. The summed E-state index contributed by atoms with van der Waals surface area (Å²) < 4.78 is 58.5. The van der Waals surface area contributed by atoms with Crippen LogP contribution < -0.4 is 5.32 Å². The van der Waals surface area contributed by atoms with Crippen molar-refractivity contribution in [2.24, 2.45) is 5.92 Å². The third kappa shape index (κ3) is 7.79. The summed E-state index contributed by atoms with van der Waals surface area (Å²) in [7, 11) is 0. The van der Waals surface area contributed by atoms with Gasteiger partial charge in [-0.15, -0.1) is 0 Å². The van der Waals surface area contributed by atoms with Crippen LogP contribution in [0.15, 0.2) is 30.5 Å². The molecule has 0 bridgehead atoms. The number of nitrogens with one attached hydrogen (secondary N) is 1. The summed E-state index contributed by atoms with van der Waals surface area (Å²) in [6.45, 7) is 4.71. The maximum absolute atomic E-state index is 13.3. The molecule has 0 saturated carbocycles. The van der Waals surface area contributed by atoms with E-state index in [1.165, 1.54) is 11.6 Å². The molecule has 1 unspecified atom stereocenters. The number of hydrogen-bond acceptors (Lipinski definition) is 5. The second kappa shape index (κ2) is 11.6. The van der Waals surface area contributed by atoms with Gasteiger partial charge in [-0.25, -0.2) is 9.18 Å². The van der Waals surface area contributed by atoms with Crippen molar-refractivity contribution >= 4 is 5.97 Å². The van der Waals surface area contributed by atoms with Crippen molar-refractivity contribution in [2.75, 3.05) is 26.4 Å². The minimum Gasteiger partial charge on any atom is -0.475 e. The normalized spacial score (nSPS) is 18.8. The minimum absolute atomic E-state index is 0.0387. The number of aliphatic carboxylic acids is 1. The Bertz CT molecular complexity index is 913. The van der Waals surface area contributed by atoms with Gasteiger partial charge in [0, 0.05) is 39.0 Å². The van der Waals surface area contributed by atoms with Crippen LogP contribution in [-0.2, 0) is 33.8 Å². The van der Waals surface area contributed by atoms with Gasteiger partial charge < -0.3 is 19.9 Å². The number of alkyl halides is 3. The fourth-order valence-electron chi connectivity index (χ4n) is 3.77. The largest absolute Gasteiger partial charge is 0.490 e. The molecule has 0 radical (unpaired) electrons. The van der Waals surface area contributed by atoms with Gasteiger partial charge >= 0.3 is 12.1 Å². The Labute approximate surface area is 188 Å². The summed E-state index contributed by atoms with van der Waals surface area (Å²) in [4.78, 5) is 8.90. The van der Waals surface area contributed by atoms with Crippen molar-refractivity contribution in [1.82, 2.24) is 15.1 Å². The zero-order valence-corrected chi connectivity index (χ0v) is 18.0. The first-order valence-electron chi connectivity index (χ1n) is 10.7. The third-order valence-corrected chi connectivity index (χ3v) is 5.44. The Morgan fingerprint density at radius 1 is 1.24 bits per heavy atom. The van der Waals surface area contributed by atoms with Crippen LogP contribution in [-0.4, -0.2) is 53.4 Å². The van der Waals surface area contributed by atoms with Crippen LogP contribution in [0.25, 0.3) is 0 Å². The topological polar surface area (TPSA) is 85.6 Å². The molecule has 2 aliphatic heterocycles. The molecule has 0 amide bonds. The Morgan fingerprint density at radius 3 is 2.64 bits per heavy atom. The van der Waals surface area contributed by atoms with Gasteiger partial charge in [0.05, 0.1) is 12.3 Å². The van der Waals surface area contributed by atoms with Crippen molar-refractivity contribution in [3.63, 3.8) is 0 Å². The standard InChI is InChI=1S/C20H26FN3O2.C2HF3O2/c21-18-3-1-2-16(10-18)11-22-12-19-20-17(6-9-26-19)14-24(23-20)13-15-4-7-25-8-5-15;3-2(4,5)1(6)7/h1-3,10,14-15,19,22H,4-9,11-13H2;(H,6,7). The lowest BCUT2D eigenvalue weighted by atomic mass is 10.0. The van der Waals surface area contributed by atoms with E-state index in [1.54, 1.807) is 12.1 Å². The van der Waals surface area contributed by atoms with Gasteiger partial charge in [-0.1, -0.05) is 12.1 Å². The van der Waals surface area contributed by atoms with E-state index in [0.717, 1.165) is 56.9 Å². The predicted molar refractivity (Wildman–Crippen MR) is 110 cm³/mol. The maximum atomic E-state index is 13.3. The lowest BCUT2D eigenvalue weighted by molar-refractivity contribution is -0.192. The predicted octanol–water partition coefficient (Wildman–Crippen LogP) is 3.49. The highest BCUT2D eigenvalue weighted by atomic mass is 19.4. The van der Waals surface area contributed by atoms with E-state index in [1.807, 2.05) is 6.07 Å². The molecule has 1 aromatic heterocycles.